The quantitative estimate of drug-likeness (QED) is 0.129. The lowest BCUT2D eigenvalue weighted by Crippen LogP contribution is -2.58. The Morgan fingerprint density at radius 1 is 0.414 bits per heavy atom. The van der Waals surface area contributed by atoms with Crippen molar-refractivity contribution in [1.29, 1.82) is 0 Å². The first-order chi connectivity index (χ1) is 27.7. The van der Waals surface area contributed by atoms with Crippen molar-refractivity contribution in [3.63, 3.8) is 0 Å². The zero-order valence-electron chi connectivity index (χ0n) is 35.4. The molecule has 0 bridgehead atoms. The summed E-state index contributed by atoms with van der Waals surface area (Å²) in [6.45, 7) is 23.8. The van der Waals surface area contributed by atoms with Gasteiger partial charge < -0.3 is 9.47 Å². The van der Waals surface area contributed by atoms with Crippen molar-refractivity contribution in [3.8, 4) is 45.3 Å². The fourth-order valence-electron chi connectivity index (χ4n) is 11.4. The highest BCUT2D eigenvalue weighted by atomic mass is 16.5. The Hall–Kier alpha value is -5.47. The van der Waals surface area contributed by atoms with Gasteiger partial charge in [0, 0.05) is 0 Å². The predicted octanol–water partition coefficient (Wildman–Crippen LogP) is 10.6. The lowest BCUT2D eigenvalue weighted by Gasteiger charge is -2.39. The molecule has 0 spiro atoms. The van der Waals surface area contributed by atoms with Crippen LogP contribution in [0.5, 0.6) is 23.0 Å². The molecular formula is C54H48B2O2. The summed E-state index contributed by atoms with van der Waals surface area (Å²) in [7, 11) is 0. The smallest absolute Gasteiger partial charge is 0.252 e. The Balaban J connectivity index is 1.35. The zero-order valence-corrected chi connectivity index (χ0v) is 35.4. The summed E-state index contributed by atoms with van der Waals surface area (Å²) in [6.07, 6.45) is 0. The first-order valence-electron chi connectivity index (χ1n) is 21.5. The largest absolute Gasteiger partial charge is 0.458 e. The summed E-state index contributed by atoms with van der Waals surface area (Å²) in [5.41, 5.74) is 18.5. The highest BCUT2D eigenvalue weighted by Crippen LogP contribution is 2.51. The molecule has 4 heteroatoms. The number of ether oxygens (including phenoxy) is 2. The lowest BCUT2D eigenvalue weighted by atomic mass is 9.31. The van der Waals surface area contributed by atoms with Gasteiger partial charge in [0.1, 0.15) is 23.0 Å². The summed E-state index contributed by atoms with van der Waals surface area (Å²) in [6, 6.07) is 37.6. The highest BCUT2D eigenvalue weighted by Gasteiger charge is 2.45. The maximum atomic E-state index is 6.90. The standard InChI is InChI=1S/C54H48B2O2/c1-27(2)29-19-33-31-23-37(53(5,6)7)35-26-42-48-32(34-20-30(28(3)4)22-46-52(34)56(42)40-16-12-14-18-44(40)58-46)24-38(54(8,9)10)36-25-41(47(31)49(35)50(36)48)55-39-15-11-13-17-43(39)57-45(21-29)51(33)55/h11-28H,1-10H3. The zero-order chi connectivity index (χ0) is 39.9. The Morgan fingerprint density at radius 2 is 0.810 bits per heavy atom. The van der Waals surface area contributed by atoms with Gasteiger partial charge in [-0.3, -0.25) is 0 Å². The molecule has 0 saturated carbocycles. The van der Waals surface area contributed by atoms with Crippen LogP contribution >= 0.6 is 0 Å². The van der Waals surface area contributed by atoms with E-state index in [-0.39, 0.29) is 24.3 Å². The molecule has 4 aliphatic rings. The number of benzene rings is 8. The van der Waals surface area contributed by atoms with E-state index in [0.717, 1.165) is 23.0 Å². The van der Waals surface area contributed by atoms with Gasteiger partial charge in [0.05, 0.1) is 0 Å². The van der Waals surface area contributed by atoms with Crippen molar-refractivity contribution in [2.45, 2.75) is 91.9 Å². The first kappa shape index (κ1) is 34.6. The number of hydrogen-bond acceptors (Lipinski definition) is 2. The van der Waals surface area contributed by atoms with Gasteiger partial charge in [0.15, 0.2) is 0 Å². The molecule has 0 unspecified atom stereocenters. The SMILES string of the molecule is CC(C)c1cc2c3c(c1)-c1cc(C(C)(C)C)c4cc5c6c(cc(C(C)(C)C)c7cc(c1c4c76)B3c1ccccc1O2)-c1cc(C(C)C)cc2c1B5c1ccccc1O2. The van der Waals surface area contributed by atoms with Crippen LogP contribution in [0, 0.1) is 0 Å². The monoisotopic (exact) mass is 750 g/mol. The van der Waals surface area contributed by atoms with E-state index < -0.39 is 0 Å². The Morgan fingerprint density at radius 3 is 1.19 bits per heavy atom. The Labute approximate surface area is 343 Å². The molecule has 8 aromatic carbocycles. The molecule has 0 aliphatic carbocycles. The second-order valence-electron chi connectivity index (χ2n) is 20.4. The van der Waals surface area contributed by atoms with Gasteiger partial charge in [0.25, 0.3) is 13.4 Å². The van der Waals surface area contributed by atoms with Crippen molar-refractivity contribution in [3.05, 3.63) is 119 Å². The van der Waals surface area contributed by atoms with Crippen LogP contribution in [0.4, 0.5) is 0 Å². The number of rotatable bonds is 2. The summed E-state index contributed by atoms with van der Waals surface area (Å²) >= 11 is 0. The second-order valence-corrected chi connectivity index (χ2v) is 20.4. The normalized spacial score (nSPS) is 14.6. The van der Waals surface area contributed by atoms with Gasteiger partial charge in [-0.1, -0.05) is 141 Å². The van der Waals surface area contributed by atoms with Gasteiger partial charge in [-0.15, -0.1) is 0 Å². The molecule has 12 rings (SSSR count). The Kier molecular flexibility index (Phi) is 6.66. The van der Waals surface area contributed by atoms with Crippen LogP contribution in [-0.4, -0.2) is 13.4 Å². The molecule has 0 aromatic heterocycles. The predicted molar refractivity (Wildman–Crippen MR) is 249 cm³/mol. The third kappa shape index (κ3) is 4.36. The van der Waals surface area contributed by atoms with Crippen LogP contribution in [0.25, 0.3) is 54.6 Å². The third-order valence-electron chi connectivity index (χ3n) is 14.1. The van der Waals surface area contributed by atoms with Gasteiger partial charge in [-0.05, 0) is 158 Å². The molecule has 0 N–H and O–H groups in total. The molecule has 0 amide bonds. The van der Waals surface area contributed by atoms with Crippen LogP contribution in [0.3, 0.4) is 0 Å². The molecule has 58 heavy (non-hydrogen) atoms. The molecule has 0 atom stereocenters. The molecular weight excluding hydrogens is 702 g/mol. The van der Waals surface area contributed by atoms with E-state index in [1.807, 2.05) is 0 Å². The van der Waals surface area contributed by atoms with Crippen LogP contribution in [0.15, 0.2) is 97.1 Å². The van der Waals surface area contributed by atoms with E-state index in [9.17, 15) is 0 Å². The Bertz CT molecular complexity index is 2940. The van der Waals surface area contributed by atoms with Crippen LogP contribution in [0.1, 0.15) is 103 Å². The van der Waals surface area contributed by atoms with E-state index >= 15 is 0 Å². The molecule has 282 valence electrons. The van der Waals surface area contributed by atoms with E-state index in [0.29, 0.717) is 11.8 Å². The van der Waals surface area contributed by atoms with E-state index in [1.165, 1.54) is 110 Å². The van der Waals surface area contributed by atoms with E-state index in [2.05, 4.69) is 166 Å². The first-order valence-corrected chi connectivity index (χ1v) is 21.5. The van der Waals surface area contributed by atoms with Gasteiger partial charge in [-0.25, -0.2) is 0 Å². The van der Waals surface area contributed by atoms with Crippen molar-refractivity contribution in [1.82, 2.24) is 0 Å². The lowest BCUT2D eigenvalue weighted by molar-refractivity contribution is 0.486. The summed E-state index contributed by atoms with van der Waals surface area (Å²) in [4.78, 5) is 0. The average molecular weight is 751 g/mol. The fraction of sp³-hybridized carbons (Fsp3) is 0.259. The molecule has 0 saturated heterocycles. The van der Waals surface area contributed by atoms with Gasteiger partial charge in [0.2, 0.25) is 0 Å². The number of fused-ring (bicyclic) bond motifs is 8. The summed E-state index contributed by atoms with van der Waals surface area (Å²) in [5.74, 6) is 4.68. The topological polar surface area (TPSA) is 18.5 Å². The van der Waals surface area contributed by atoms with Gasteiger partial charge >= 0.3 is 0 Å². The summed E-state index contributed by atoms with van der Waals surface area (Å²) < 4.78 is 13.8. The van der Waals surface area contributed by atoms with Crippen LogP contribution < -0.4 is 42.3 Å². The van der Waals surface area contributed by atoms with Gasteiger partial charge in [-0.2, -0.15) is 0 Å². The average Bonchev–Trinajstić information content (AvgIpc) is 3.18. The minimum atomic E-state index is -0.117. The molecule has 4 heterocycles. The highest BCUT2D eigenvalue weighted by molar-refractivity contribution is 7.01. The fourth-order valence-corrected chi connectivity index (χ4v) is 11.4. The van der Waals surface area contributed by atoms with Crippen LogP contribution in [0.2, 0.25) is 0 Å². The van der Waals surface area contributed by atoms with Crippen molar-refractivity contribution < 1.29 is 9.47 Å². The van der Waals surface area contributed by atoms with Crippen molar-refractivity contribution in [2.24, 2.45) is 0 Å². The maximum absolute atomic E-state index is 6.90. The summed E-state index contributed by atoms with van der Waals surface area (Å²) in [5, 5.41) is 8.45. The molecule has 8 aromatic rings. The van der Waals surface area contributed by atoms with Crippen molar-refractivity contribution in [2.75, 3.05) is 0 Å². The molecule has 4 aliphatic heterocycles. The molecule has 0 fully saturated rings. The third-order valence-corrected chi connectivity index (χ3v) is 14.1. The minimum Gasteiger partial charge on any atom is -0.458 e. The number of para-hydroxylation sites is 2. The maximum Gasteiger partial charge on any atom is 0.252 e. The molecule has 2 nitrogen and oxygen atoms in total. The molecule has 0 radical (unpaired) electrons. The van der Waals surface area contributed by atoms with Crippen molar-refractivity contribution >= 4 is 78.5 Å². The van der Waals surface area contributed by atoms with Crippen LogP contribution in [-0.2, 0) is 10.8 Å². The van der Waals surface area contributed by atoms with E-state index in [1.54, 1.807) is 0 Å². The van der Waals surface area contributed by atoms with E-state index in [4.69, 9.17) is 9.47 Å². The number of hydrogen-bond donors (Lipinski definition) is 0. The minimum absolute atomic E-state index is 0.0647. The second kappa shape index (κ2) is 11.2.